The summed E-state index contributed by atoms with van der Waals surface area (Å²) in [6, 6.07) is 19.7. The zero-order chi connectivity index (χ0) is 22.1. The topological polar surface area (TPSA) is 53.6 Å². The lowest BCUT2D eigenvalue weighted by molar-refractivity contribution is 0.142. The standard InChI is InChI=1S/C25H23ClFN3O2/c26-17-6-11-21-16(13-17)5-12-23(21)28-19-14-30(15-19)25(31)29-18-7-9-20(10-8-18)32-24-4-2-1-3-22(24)27/h1-4,6-11,13,19,23,28H,5,12,14-15H2,(H,29,31). The maximum absolute atomic E-state index is 13.7. The lowest BCUT2D eigenvalue weighted by Gasteiger charge is -2.41. The highest BCUT2D eigenvalue weighted by Gasteiger charge is 2.34. The molecule has 1 heterocycles. The average Bonchev–Trinajstić information content (AvgIpc) is 3.15. The van der Waals surface area contributed by atoms with Crippen LogP contribution in [0.5, 0.6) is 11.5 Å². The van der Waals surface area contributed by atoms with Crippen LogP contribution in [-0.2, 0) is 6.42 Å². The van der Waals surface area contributed by atoms with E-state index in [9.17, 15) is 9.18 Å². The van der Waals surface area contributed by atoms with E-state index in [-0.39, 0.29) is 17.8 Å². The third-order valence-corrected chi connectivity index (χ3v) is 6.19. The molecule has 164 valence electrons. The lowest BCUT2D eigenvalue weighted by Crippen LogP contribution is -2.61. The summed E-state index contributed by atoms with van der Waals surface area (Å²) < 4.78 is 19.3. The highest BCUT2D eigenvalue weighted by atomic mass is 35.5. The Morgan fingerprint density at radius 3 is 2.62 bits per heavy atom. The number of carbonyl (C=O) groups is 1. The van der Waals surface area contributed by atoms with Gasteiger partial charge in [-0.2, -0.15) is 0 Å². The summed E-state index contributed by atoms with van der Waals surface area (Å²) in [5.41, 5.74) is 3.29. The molecule has 0 saturated carbocycles. The molecule has 1 unspecified atom stereocenters. The van der Waals surface area contributed by atoms with Gasteiger partial charge in [0.05, 0.1) is 0 Å². The number of amides is 2. The second-order valence-corrected chi connectivity index (χ2v) is 8.63. The minimum absolute atomic E-state index is 0.135. The van der Waals surface area contributed by atoms with Crippen molar-refractivity contribution in [2.75, 3.05) is 18.4 Å². The Morgan fingerprint density at radius 1 is 1.06 bits per heavy atom. The number of nitrogens with one attached hydrogen (secondary N) is 2. The smallest absolute Gasteiger partial charge is 0.321 e. The molecule has 0 aromatic heterocycles. The van der Waals surface area contributed by atoms with Gasteiger partial charge in [-0.3, -0.25) is 0 Å². The van der Waals surface area contributed by atoms with Crippen LogP contribution in [0.25, 0.3) is 0 Å². The van der Waals surface area contributed by atoms with E-state index in [4.69, 9.17) is 16.3 Å². The normalized spacial score (nSPS) is 17.6. The van der Waals surface area contributed by atoms with Gasteiger partial charge in [-0.15, -0.1) is 0 Å². The molecule has 32 heavy (non-hydrogen) atoms. The van der Waals surface area contributed by atoms with Crippen LogP contribution in [0.2, 0.25) is 5.02 Å². The first-order valence-corrected chi connectivity index (χ1v) is 11.1. The molecule has 2 amide bonds. The van der Waals surface area contributed by atoms with Crippen molar-refractivity contribution in [2.45, 2.75) is 24.9 Å². The Balaban J connectivity index is 1.10. The third kappa shape index (κ3) is 4.42. The van der Waals surface area contributed by atoms with E-state index >= 15 is 0 Å². The van der Waals surface area contributed by atoms with Gasteiger partial charge in [0, 0.05) is 35.9 Å². The number of anilines is 1. The highest BCUT2D eigenvalue weighted by Crippen LogP contribution is 2.34. The molecule has 2 aliphatic rings. The molecule has 5 nitrogen and oxygen atoms in total. The molecule has 1 atom stereocenters. The molecule has 0 spiro atoms. The number of aryl methyl sites for hydroxylation is 1. The average molecular weight is 452 g/mol. The molecular formula is C25H23ClFN3O2. The van der Waals surface area contributed by atoms with E-state index in [0.29, 0.717) is 30.6 Å². The van der Waals surface area contributed by atoms with Crippen molar-refractivity contribution >= 4 is 23.3 Å². The van der Waals surface area contributed by atoms with Gasteiger partial charge in [0.1, 0.15) is 5.75 Å². The van der Waals surface area contributed by atoms with Crippen molar-refractivity contribution in [2.24, 2.45) is 0 Å². The molecule has 1 saturated heterocycles. The van der Waals surface area contributed by atoms with Crippen LogP contribution in [0.4, 0.5) is 14.9 Å². The largest absolute Gasteiger partial charge is 0.454 e. The Kier molecular flexibility index (Phi) is 5.72. The first kappa shape index (κ1) is 20.8. The van der Waals surface area contributed by atoms with E-state index in [1.54, 1.807) is 47.4 Å². The van der Waals surface area contributed by atoms with Crippen LogP contribution in [0.15, 0.2) is 66.7 Å². The number of hydrogen-bond acceptors (Lipinski definition) is 3. The summed E-state index contributed by atoms with van der Waals surface area (Å²) in [6.45, 7) is 1.33. The van der Waals surface area contributed by atoms with Gasteiger partial charge in [0.25, 0.3) is 0 Å². The van der Waals surface area contributed by atoms with Gasteiger partial charge in [-0.1, -0.05) is 29.8 Å². The third-order valence-electron chi connectivity index (χ3n) is 5.96. The van der Waals surface area contributed by atoms with Crippen LogP contribution < -0.4 is 15.4 Å². The molecule has 1 fully saturated rings. The first-order chi connectivity index (χ1) is 15.5. The van der Waals surface area contributed by atoms with Gasteiger partial charge in [0.15, 0.2) is 11.6 Å². The number of hydrogen-bond donors (Lipinski definition) is 2. The fourth-order valence-electron chi connectivity index (χ4n) is 4.26. The molecule has 5 rings (SSSR count). The molecule has 3 aromatic carbocycles. The molecule has 3 aromatic rings. The predicted octanol–water partition coefficient (Wildman–Crippen LogP) is 5.76. The van der Waals surface area contributed by atoms with Crippen molar-refractivity contribution in [3.63, 3.8) is 0 Å². The summed E-state index contributed by atoms with van der Waals surface area (Å²) in [4.78, 5) is 14.3. The molecule has 1 aliphatic heterocycles. The minimum atomic E-state index is -0.421. The number of para-hydroxylation sites is 1. The van der Waals surface area contributed by atoms with E-state index in [2.05, 4.69) is 16.7 Å². The van der Waals surface area contributed by atoms with Crippen molar-refractivity contribution in [3.05, 3.63) is 88.7 Å². The molecule has 1 aliphatic carbocycles. The number of ether oxygens (including phenoxy) is 1. The minimum Gasteiger partial charge on any atom is -0.454 e. The van der Waals surface area contributed by atoms with Gasteiger partial charge in [-0.05, 0) is 72.5 Å². The summed E-state index contributed by atoms with van der Waals surface area (Å²) in [5.74, 6) is 0.242. The fourth-order valence-corrected chi connectivity index (χ4v) is 4.45. The van der Waals surface area contributed by atoms with Gasteiger partial charge in [-0.25, -0.2) is 9.18 Å². The molecule has 2 N–H and O–H groups in total. The number of nitrogens with zero attached hydrogens (tertiary/aromatic N) is 1. The van der Waals surface area contributed by atoms with Crippen molar-refractivity contribution in [3.8, 4) is 11.5 Å². The van der Waals surface area contributed by atoms with Crippen molar-refractivity contribution < 1.29 is 13.9 Å². The van der Waals surface area contributed by atoms with E-state index in [1.807, 2.05) is 12.1 Å². The van der Waals surface area contributed by atoms with Crippen LogP contribution >= 0.6 is 11.6 Å². The van der Waals surface area contributed by atoms with Gasteiger partial charge in [0.2, 0.25) is 0 Å². The van der Waals surface area contributed by atoms with E-state index in [0.717, 1.165) is 17.9 Å². The number of carbonyl (C=O) groups excluding carboxylic acids is 1. The zero-order valence-electron chi connectivity index (χ0n) is 17.4. The Morgan fingerprint density at radius 2 is 1.84 bits per heavy atom. The van der Waals surface area contributed by atoms with Crippen LogP contribution in [0, 0.1) is 5.82 Å². The van der Waals surface area contributed by atoms with Gasteiger partial charge >= 0.3 is 6.03 Å². The monoisotopic (exact) mass is 451 g/mol. The number of likely N-dealkylation sites (tertiary alicyclic amines) is 1. The first-order valence-electron chi connectivity index (χ1n) is 10.7. The van der Waals surface area contributed by atoms with Gasteiger partial charge < -0.3 is 20.3 Å². The number of halogens is 2. The molecule has 0 radical (unpaired) electrons. The number of urea groups is 1. The summed E-state index contributed by atoms with van der Waals surface area (Å²) in [5, 5.41) is 7.34. The molecule has 0 bridgehead atoms. The van der Waals surface area contributed by atoms with Crippen LogP contribution in [0.3, 0.4) is 0 Å². The number of fused-ring (bicyclic) bond motifs is 1. The quantitative estimate of drug-likeness (QED) is 0.518. The van der Waals surface area contributed by atoms with Crippen LogP contribution in [-0.4, -0.2) is 30.1 Å². The van der Waals surface area contributed by atoms with E-state index < -0.39 is 5.82 Å². The molecular weight excluding hydrogens is 429 g/mol. The lowest BCUT2D eigenvalue weighted by atomic mass is 10.0. The summed E-state index contributed by atoms with van der Waals surface area (Å²) in [6.07, 6.45) is 2.08. The van der Waals surface area contributed by atoms with E-state index in [1.165, 1.54) is 17.2 Å². The SMILES string of the molecule is O=C(Nc1ccc(Oc2ccccc2F)cc1)N1CC(NC2CCc3cc(Cl)ccc32)C1. The maximum atomic E-state index is 13.7. The Hall–Kier alpha value is -3.09. The number of rotatable bonds is 5. The van der Waals surface area contributed by atoms with Crippen molar-refractivity contribution in [1.82, 2.24) is 10.2 Å². The summed E-state index contributed by atoms with van der Waals surface area (Å²) >= 11 is 6.09. The second kappa shape index (κ2) is 8.81. The Bertz CT molecular complexity index is 1130. The van der Waals surface area contributed by atoms with Crippen molar-refractivity contribution in [1.29, 1.82) is 0 Å². The Labute approximate surface area is 191 Å². The predicted molar refractivity (Wildman–Crippen MR) is 123 cm³/mol. The zero-order valence-corrected chi connectivity index (χ0v) is 18.1. The molecule has 7 heteroatoms. The van der Waals surface area contributed by atoms with Crippen LogP contribution in [0.1, 0.15) is 23.6 Å². The highest BCUT2D eigenvalue weighted by molar-refractivity contribution is 6.30. The fraction of sp³-hybridized carbons (Fsp3) is 0.240. The summed E-state index contributed by atoms with van der Waals surface area (Å²) in [7, 11) is 0. The number of benzene rings is 3. The second-order valence-electron chi connectivity index (χ2n) is 8.19. The maximum Gasteiger partial charge on any atom is 0.321 e.